The Bertz CT molecular complexity index is 980. The van der Waals surface area contributed by atoms with Crippen LogP contribution in [0.5, 0.6) is 0 Å². The van der Waals surface area contributed by atoms with Crippen LogP contribution in [-0.4, -0.2) is 14.6 Å². The van der Waals surface area contributed by atoms with Crippen molar-refractivity contribution in [1.82, 2.24) is 14.6 Å². The second-order valence-corrected chi connectivity index (χ2v) is 5.71. The Morgan fingerprint density at radius 3 is 2.95 bits per heavy atom. The molecule has 0 bridgehead atoms. The predicted octanol–water partition coefficient (Wildman–Crippen LogP) is 3.21. The number of aryl methyl sites for hydroxylation is 1. The SMILES string of the molecule is Cc1cc2n[nH]c(=O)n2c2cc(-c3cccs3)ccc12. The third-order valence-electron chi connectivity index (χ3n) is 3.51. The van der Waals surface area contributed by atoms with Crippen LogP contribution in [-0.2, 0) is 0 Å². The van der Waals surface area contributed by atoms with Gasteiger partial charge in [-0.1, -0.05) is 18.2 Å². The van der Waals surface area contributed by atoms with Crippen molar-refractivity contribution in [2.45, 2.75) is 6.92 Å². The molecule has 0 amide bonds. The molecule has 0 aliphatic carbocycles. The van der Waals surface area contributed by atoms with Gasteiger partial charge < -0.3 is 0 Å². The maximum Gasteiger partial charge on any atom is 0.348 e. The summed E-state index contributed by atoms with van der Waals surface area (Å²) in [4.78, 5) is 13.1. The molecule has 3 aromatic heterocycles. The summed E-state index contributed by atoms with van der Waals surface area (Å²) in [6.07, 6.45) is 0. The molecule has 4 nitrogen and oxygen atoms in total. The summed E-state index contributed by atoms with van der Waals surface area (Å²) in [6.45, 7) is 2.03. The lowest BCUT2D eigenvalue weighted by Gasteiger charge is -2.06. The zero-order chi connectivity index (χ0) is 13.7. The first-order valence-corrected chi connectivity index (χ1v) is 7.16. The summed E-state index contributed by atoms with van der Waals surface area (Å²) in [5, 5.41) is 9.68. The monoisotopic (exact) mass is 281 g/mol. The molecular weight excluding hydrogens is 270 g/mol. The number of rotatable bonds is 1. The molecule has 4 rings (SSSR count). The quantitative estimate of drug-likeness (QED) is 0.582. The van der Waals surface area contributed by atoms with Gasteiger partial charge in [0.15, 0.2) is 5.65 Å². The Hall–Kier alpha value is -2.40. The molecule has 0 spiro atoms. The normalized spacial score (nSPS) is 11.4. The van der Waals surface area contributed by atoms with Gasteiger partial charge in [-0.2, -0.15) is 5.10 Å². The average Bonchev–Trinajstić information content (AvgIpc) is 3.09. The minimum atomic E-state index is -0.201. The van der Waals surface area contributed by atoms with E-state index in [4.69, 9.17) is 0 Å². The fourth-order valence-corrected chi connectivity index (χ4v) is 3.28. The Morgan fingerprint density at radius 1 is 1.25 bits per heavy atom. The number of pyridine rings is 1. The van der Waals surface area contributed by atoms with Crippen LogP contribution in [0.3, 0.4) is 0 Å². The van der Waals surface area contributed by atoms with Crippen LogP contribution in [0.1, 0.15) is 5.56 Å². The molecule has 0 aliphatic rings. The molecule has 1 aromatic carbocycles. The Kier molecular flexibility index (Phi) is 2.31. The first kappa shape index (κ1) is 11.4. The van der Waals surface area contributed by atoms with Crippen LogP contribution in [0, 0.1) is 6.92 Å². The number of thiophene rings is 1. The summed E-state index contributed by atoms with van der Waals surface area (Å²) in [5.41, 5.74) is 3.58. The zero-order valence-electron chi connectivity index (χ0n) is 10.8. The zero-order valence-corrected chi connectivity index (χ0v) is 11.6. The molecular formula is C15H11N3OS. The molecule has 0 aliphatic heterocycles. The van der Waals surface area contributed by atoms with Gasteiger partial charge in [0, 0.05) is 10.3 Å². The standard InChI is InChI=1S/C15H11N3OS/c1-9-7-14-16-17-15(19)18(14)12-8-10(4-5-11(9)12)13-3-2-6-20-13/h2-8H,1H3,(H,17,19). The first-order valence-electron chi connectivity index (χ1n) is 6.28. The second-order valence-electron chi connectivity index (χ2n) is 4.76. The lowest BCUT2D eigenvalue weighted by atomic mass is 10.1. The van der Waals surface area contributed by atoms with Crippen molar-refractivity contribution >= 4 is 27.9 Å². The van der Waals surface area contributed by atoms with Gasteiger partial charge in [-0.15, -0.1) is 11.3 Å². The fraction of sp³-hybridized carbons (Fsp3) is 0.0667. The highest BCUT2D eigenvalue weighted by atomic mass is 32.1. The molecule has 0 fully saturated rings. The number of fused-ring (bicyclic) bond motifs is 3. The van der Waals surface area contributed by atoms with E-state index in [1.807, 2.05) is 19.1 Å². The molecule has 3 heterocycles. The number of hydrogen-bond acceptors (Lipinski definition) is 3. The van der Waals surface area contributed by atoms with E-state index >= 15 is 0 Å². The van der Waals surface area contributed by atoms with Gasteiger partial charge in [-0.25, -0.2) is 14.3 Å². The van der Waals surface area contributed by atoms with Crippen LogP contribution in [0.25, 0.3) is 27.0 Å². The van der Waals surface area contributed by atoms with Crippen LogP contribution >= 0.6 is 11.3 Å². The number of H-pyrrole nitrogens is 1. The minimum Gasteiger partial charge on any atom is -0.246 e. The summed E-state index contributed by atoms with van der Waals surface area (Å²) in [5.74, 6) is 0. The van der Waals surface area contributed by atoms with Gasteiger partial charge >= 0.3 is 5.69 Å². The molecule has 0 radical (unpaired) electrons. The van der Waals surface area contributed by atoms with Crippen LogP contribution in [0.2, 0.25) is 0 Å². The topological polar surface area (TPSA) is 50.2 Å². The summed E-state index contributed by atoms with van der Waals surface area (Å²) in [7, 11) is 0. The number of benzene rings is 1. The molecule has 0 saturated carbocycles. The van der Waals surface area contributed by atoms with Crippen LogP contribution < -0.4 is 5.69 Å². The van der Waals surface area contributed by atoms with Crippen molar-refractivity contribution in [3.8, 4) is 10.4 Å². The first-order chi connectivity index (χ1) is 9.74. The van der Waals surface area contributed by atoms with Gasteiger partial charge in [0.2, 0.25) is 0 Å². The Labute approximate surface area is 118 Å². The predicted molar refractivity (Wildman–Crippen MR) is 81.4 cm³/mol. The third-order valence-corrected chi connectivity index (χ3v) is 4.43. The van der Waals surface area contributed by atoms with E-state index in [1.165, 1.54) is 4.88 Å². The third kappa shape index (κ3) is 1.53. The molecule has 0 unspecified atom stereocenters. The smallest absolute Gasteiger partial charge is 0.246 e. The highest BCUT2D eigenvalue weighted by molar-refractivity contribution is 7.13. The van der Waals surface area contributed by atoms with Gasteiger partial charge in [0.25, 0.3) is 0 Å². The van der Waals surface area contributed by atoms with Crippen molar-refractivity contribution in [2.75, 3.05) is 0 Å². The van der Waals surface area contributed by atoms with E-state index in [0.717, 1.165) is 22.0 Å². The summed E-state index contributed by atoms with van der Waals surface area (Å²) < 4.78 is 1.62. The summed E-state index contributed by atoms with van der Waals surface area (Å²) >= 11 is 1.69. The summed E-state index contributed by atoms with van der Waals surface area (Å²) in [6, 6.07) is 12.2. The number of hydrogen-bond donors (Lipinski definition) is 1. The van der Waals surface area contributed by atoms with Crippen LogP contribution in [0.15, 0.2) is 46.6 Å². The Balaban J connectivity index is 2.17. The van der Waals surface area contributed by atoms with Crippen molar-refractivity contribution in [3.05, 3.63) is 57.8 Å². The van der Waals surface area contributed by atoms with E-state index in [1.54, 1.807) is 15.7 Å². The molecule has 5 heteroatoms. The number of aromatic nitrogens is 3. The fourth-order valence-electron chi connectivity index (χ4n) is 2.56. The second kappa shape index (κ2) is 4.05. The highest BCUT2D eigenvalue weighted by Crippen LogP contribution is 2.29. The van der Waals surface area contributed by atoms with Gasteiger partial charge in [0.05, 0.1) is 5.52 Å². The number of nitrogens with zero attached hydrogens (tertiary/aromatic N) is 2. The minimum absolute atomic E-state index is 0.201. The molecule has 98 valence electrons. The van der Waals surface area contributed by atoms with Gasteiger partial charge in [-0.05, 0) is 41.6 Å². The number of aromatic amines is 1. The largest absolute Gasteiger partial charge is 0.348 e. The molecule has 0 saturated heterocycles. The van der Waals surface area contributed by atoms with E-state index < -0.39 is 0 Å². The van der Waals surface area contributed by atoms with Crippen molar-refractivity contribution in [1.29, 1.82) is 0 Å². The van der Waals surface area contributed by atoms with Crippen molar-refractivity contribution in [2.24, 2.45) is 0 Å². The highest BCUT2D eigenvalue weighted by Gasteiger charge is 2.09. The van der Waals surface area contributed by atoms with Crippen LogP contribution in [0.4, 0.5) is 0 Å². The lowest BCUT2D eigenvalue weighted by Crippen LogP contribution is -2.10. The Morgan fingerprint density at radius 2 is 2.15 bits per heavy atom. The van der Waals surface area contributed by atoms with E-state index in [-0.39, 0.29) is 5.69 Å². The van der Waals surface area contributed by atoms with Crippen molar-refractivity contribution in [3.63, 3.8) is 0 Å². The molecule has 4 aromatic rings. The molecule has 0 atom stereocenters. The lowest BCUT2D eigenvalue weighted by molar-refractivity contribution is 1.04. The maximum atomic E-state index is 11.9. The van der Waals surface area contributed by atoms with E-state index in [2.05, 4.69) is 39.8 Å². The van der Waals surface area contributed by atoms with Gasteiger partial charge in [-0.3, -0.25) is 0 Å². The number of nitrogens with one attached hydrogen (secondary N) is 1. The average molecular weight is 281 g/mol. The van der Waals surface area contributed by atoms with Crippen molar-refractivity contribution < 1.29 is 0 Å². The maximum absolute atomic E-state index is 11.9. The van der Waals surface area contributed by atoms with E-state index in [0.29, 0.717) is 5.65 Å². The van der Waals surface area contributed by atoms with Gasteiger partial charge in [0.1, 0.15) is 0 Å². The molecule has 20 heavy (non-hydrogen) atoms. The van der Waals surface area contributed by atoms with E-state index in [9.17, 15) is 4.79 Å². The molecule has 1 N–H and O–H groups in total.